The summed E-state index contributed by atoms with van der Waals surface area (Å²) < 4.78 is 10.3. The molecule has 6 heteroatoms. The van der Waals surface area contributed by atoms with Gasteiger partial charge in [-0.05, 0) is 24.1 Å². The molecule has 0 spiro atoms. The average molecular weight is 307 g/mol. The number of methoxy groups -OCH3 is 1. The first-order chi connectivity index (χ1) is 10.4. The first-order valence-corrected chi connectivity index (χ1v) is 7.17. The Kier molecular flexibility index (Phi) is 5.03. The first-order valence-electron chi connectivity index (χ1n) is 7.17. The van der Waals surface area contributed by atoms with Crippen LogP contribution in [0, 0.1) is 0 Å². The van der Waals surface area contributed by atoms with E-state index in [1.54, 1.807) is 12.0 Å². The van der Waals surface area contributed by atoms with Crippen LogP contribution in [0.1, 0.15) is 19.4 Å². The number of hydrogen-bond donors (Lipinski definition) is 1. The van der Waals surface area contributed by atoms with E-state index < -0.39 is 18.2 Å². The van der Waals surface area contributed by atoms with Crippen LogP contribution in [0.3, 0.4) is 0 Å². The summed E-state index contributed by atoms with van der Waals surface area (Å²) in [6, 6.07) is 7.09. The van der Waals surface area contributed by atoms with E-state index in [4.69, 9.17) is 9.47 Å². The zero-order valence-electron chi connectivity index (χ0n) is 13.0. The van der Waals surface area contributed by atoms with Crippen LogP contribution in [0.4, 0.5) is 0 Å². The molecule has 0 bridgehead atoms. The van der Waals surface area contributed by atoms with E-state index in [9.17, 15) is 14.7 Å². The molecule has 3 unspecified atom stereocenters. The highest BCUT2D eigenvalue weighted by molar-refractivity contribution is 5.74. The van der Waals surface area contributed by atoms with Crippen molar-refractivity contribution in [3.63, 3.8) is 0 Å². The van der Waals surface area contributed by atoms with Crippen molar-refractivity contribution < 1.29 is 24.2 Å². The summed E-state index contributed by atoms with van der Waals surface area (Å²) in [6.07, 6.45) is -1.07. The second-order valence-electron chi connectivity index (χ2n) is 5.43. The van der Waals surface area contributed by atoms with Crippen molar-refractivity contribution in [3.8, 4) is 5.75 Å². The number of carbonyl (C=O) groups excluding carboxylic acids is 2. The fraction of sp³-hybridized carbons (Fsp3) is 0.500. The lowest BCUT2D eigenvalue weighted by Crippen LogP contribution is -2.42. The molecule has 2 rings (SSSR count). The van der Waals surface area contributed by atoms with Gasteiger partial charge in [-0.1, -0.05) is 12.1 Å². The predicted molar refractivity (Wildman–Crippen MR) is 79.4 cm³/mol. The van der Waals surface area contributed by atoms with Crippen molar-refractivity contribution in [3.05, 3.63) is 29.8 Å². The number of ether oxygens (including phenoxy) is 2. The highest BCUT2D eigenvalue weighted by atomic mass is 16.6. The third kappa shape index (κ3) is 3.57. The number of carbonyl (C=O) groups is 2. The SMILES string of the molecule is COc1ccc(CC2C(OC(C)=O)C(O)CN2C(C)=O)cc1. The van der Waals surface area contributed by atoms with Crippen molar-refractivity contribution in [2.45, 2.75) is 38.5 Å². The Morgan fingerprint density at radius 2 is 1.91 bits per heavy atom. The van der Waals surface area contributed by atoms with Crippen molar-refractivity contribution in [1.29, 1.82) is 0 Å². The minimum absolute atomic E-state index is 0.146. The number of hydrogen-bond acceptors (Lipinski definition) is 5. The third-order valence-corrected chi connectivity index (χ3v) is 3.85. The highest BCUT2D eigenvalue weighted by Crippen LogP contribution is 2.26. The van der Waals surface area contributed by atoms with Crippen LogP contribution in [0.2, 0.25) is 0 Å². The predicted octanol–water partition coefficient (Wildman–Crippen LogP) is 0.761. The molecule has 1 N–H and O–H groups in total. The summed E-state index contributed by atoms with van der Waals surface area (Å²) in [7, 11) is 1.59. The van der Waals surface area contributed by atoms with Gasteiger partial charge in [0.2, 0.25) is 5.91 Å². The zero-order valence-corrected chi connectivity index (χ0v) is 13.0. The van der Waals surface area contributed by atoms with Crippen LogP contribution < -0.4 is 4.74 Å². The van der Waals surface area contributed by atoms with E-state index in [2.05, 4.69) is 0 Å². The zero-order chi connectivity index (χ0) is 16.3. The van der Waals surface area contributed by atoms with Gasteiger partial charge in [-0.3, -0.25) is 9.59 Å². The quantitative estimate of drug-likeness (QED) is 0.831. The molecule has 1 saturated heterocycles. The smallest absolute Gasteiger partial charge is 0.303 e. The van der Waals surface area contributed by atoms with Gasteiger partial charge < -0.3 is 19.5 Å². The summed E-state index contributed by atoms with van der Waals surface area (Å²) >= 11 is 0. The van der Waals surface area contributed by atoms with E-state index in [-0.39, 0.29) is 18.5 Å². The Balaban J connectivity index is 2.20. The highest BCUT2D eigenvalue weighted by Gasteiger charge is 2.44. The lowest BCUT2D eigenvalue weighted by atomic mass is 10.0. The van der Waals surface area contributed by atoms with Crippen LogP contribution in [0.5, 0.6) is 5.75 Å². The van der Waals surface area contributed by atoms with Gasteiger partial charge in [-0.25, -0.2) is 0 Å². The Morgan fingerprint density at radius 3 is 2.41 bits per heavy atom. The molecule has 1 aliphatic rings. The third-order valence-electron chi connectivity index (χ3n) is 3.85. The maximum absolute atomic E-state index is 11.8. The van der Waals surface area contributed by atoms with Crippen molar-refractivity contribution in [2.75, 3.05) is 13.7 Å². The summed E-state index contributed by atoms with van der Waals surface area (Å²) in [5.41, 5.74) is 0.975. The number of esters is 1. The monoisotopic (exact) mass is 307 g/mol. The normalized spacial score (nSPS) is 24.2. The molecule has 0 aliphatic carbocycles. The molecule has 1 amide bonds. The van der Waals surface area contributed by atoms with Crippen LogP contribution in [0.15, 0.2) is 24.3 Å². The van der Waals surface area contributed by atoms with Crippen LogP contribution in [-0.2, 0) is 20.7 Å². The summed E-state index contributed by atoms with van der Waals surface area (Å²) in [6.45, 7) is 2.92. The molecule has 1 aromatic carbocycles. The molecule has 22 heavy (non-hydrogen) atoms. The van der Waals surface area contributed by atoms with E-state index >= 15 is 0 Å². The second kappa shape index (κ2) is 6.79. The minimum atomic E-state index is -0.865. The fourth-order valence-corrected chi connectivity index (χ4v) is 2.81. The van der Waals surface area contributed by atoms with Gasteiger partial charge in [0.1, 0.15) is 18.0 Å². The van der Waals surface area contributed by atoms with Crippen molar-refractivity contribution in [1.82, 2.24) is 4.90 Å². The van der Waals surface area contributed by atoms with Gasteiger partial charge in [0.25, 0.3) is 0 Å². The maximum Gasteiger partial charge on any atom is 0.303 e. The minimum Gasteiger partial charge on any atom is -0.497 e. The molecule has 6 nitrogen and oxygen atoms in total. The topological polar surface area (TPSA) is 76.1 Å². The number of aliphatic hydroxyl groups is 1. The molecule has 3 atom stereocenters. The van der Waals surface area contributed by atoms with E-state index in [0.29, 0.717) is 6.42 Å². The Hall–Kier alpha value is -2.08. The molecule has 0 aromatic heterocycles. The molecule has 120 valence electrons. The number of β-amino-alcohol motifs (C(OH)–C–C–N with tert-alkyl or cyclic N) is 1. The Morgan fingerprint density at radius 1 is 1.27 bits per heavy atom. The van der Waals surface area contributed by atoms with Crippen LogP contribution in [-0.4, -0.2) is 53.8 Å². The number of amides is 1. The Labute approximate surface area is 129 Å². The summed E-state index contributed by atoms with van der Waals surface area (Å²) in [5.74, 6) is 0.136. The number of benzene rings is 1. The van der Waals surface area contributed by atoms with Gasteiger partial charge >= 0.3 is 5.97 Å². The van der Waals surface area contributed by atoms with Gasteiger partial charge in [0.15, 0.2) is 0 Å². The second-order valence-corrected chi connectivity index (χ2v) is 5.43. The largest absolute Gasteiger partial charge is 0.497 e. The van der Waals surface area contributed by atoms with Crippen molar-refractivity contribution >= 4 is 11.9 Å². The number of nitrogens with zero attached hydrogens (tertiary/aromatic N) is 1. The van der Waals surface area contributed by atoms with Gasteiger partial charge in [-0.2, -0.15) is 0 Å². The molecule has 0 radical (unpaired) electrons. The van der Waals surface area contributed by atoms with Gasteiger partial charge in [0, 0.05) is 13.8 Å². The van der Waals surface area contributed by atoms with E-state index in [1.165, 1.54) is 13.8 Å². The molecule has 1 heterocycles. The molecule has 0 saturated carbocycles. The van der Waals surface area contributed by atoms with Crippen LogP contribution in [0.25, 0.3) is 0 Å². The standard InChI is InChI=1S/C16H21NO5/c1-10(18)17-9-15(20)16(22-11(2)19)14(17)8-12-4-6-13(21-3)7-5-12/h4-7,14-16,20H,8-9H2,1-3H3. The number of rotatable bonds is 4. The van der Waals surface area contributed by atoms with Gasteiger partial charge in [-0.15, -0.1) is 0 Å². The molecule has 1 aromatic rings. The number of aliphatic hydroxyl groups excluding tert-OH is 1. The average Bonchev–Trinajstić information content (AvgIpc) is 2.77. The molecule has 1 aliphatic heterocycles. The summed E-state index contributed by atoms with van der Waals surface area (Å²) in [5, 5.41) is 10.1. The van der Waals surface area contributed by atoms with Crippen molar-refractivity contribution in [2.24, 2.45) is 0 Å². The molecule has 1 fully saturated rings. The van der Waals surface area contributed by atoms with Crippen LogP contribution >= 0.6 is 0 Å². The fourth-order valence-electron chi connectivity index (χ4n) is 2.81. The molecular formula is C16H21NO5. The lowest BCUT2D eigenvalue weighted by Gasteiger charge is -2.27. The maximum atomic E-state index is 11.8. The van der Waals surface area contributed by atoms with Gasteiger partial charge in [0.05, 0.1) is 19.7 Å². The lowest BCUT2D eigenvalue weighted by molar-refractivity contribution is -0.152. The van der Waals surface area contributed by atoms with E-state index in [1.807, 2.05) is 24.3 Å². The van der Waals surface area contributed by atoms with E-state index in [0.717, 1.165) is 11.3 Å². The molecular weight excluding hydrogens is 286 g/mol. The first kappa shape index (κ1) is 16.3. The Bertz CT molecular complexity index is 542. The summed E-state index contributed by atoms with van der Waals surface area (Å²) in [4.78, 5) is 24.6. The number of likely N-dealkylation sites (tertiary alicyclic amines) is 1.